The first-order valence-electron chi connectivity index (χ1n) is 4.27. The van der Waals surface area contributed by atoms with E-state index in [4.69, 9.17) is 18.0 Å². The predicted octanol–water partition coefficient (Wildman–Crippen LogP) is 2.73. The number of halogens is 4. The summed E-state index contributed by atoms with van der Waals surface area (Å²) < 4.78 is 44.1. The number of ether oxygens (including phenoxy) is 1. The van der Waals surface area contributed by atoms with E-state index >= 15 is 0 Å². The highest BCUT2D eigenvalue weighted by Crippen LogP contribution is 2.35. The molecule has 1 rings (SSSR count). The fraction of sp³-hybridized carbons (Fsp3) is 0.182. The summed E-state index contributed by atoms with van der Waals surface area (Å²) in [5.41, 5.74) is -1.30. The Labute approximate surface area is 100 Å². The monoisotopic (exact) mass is 262 g/mol. The van der Waals surface area contributed by atoms with Crippen molar-refractivity contribution in [2.24, 2.45) is 0 Å². The minimum atomic E-state index is -3.98. The Balaban J connectivity index is 3.42. The lowest BCUT2D eigenvalue weighted by Crippen LogP contribution is -2.27. The van der Waals surface area contributed by atoms with Crippen LogP contribution in [0.4, 0.5) is 13.2 Å². The van der Waals surface area contributed by atoms with Crippen molar-refractivity contribution in [1.82, 2.24) is 0 Å². The van der Waals surface area contributed by atoms with Gasteiger partial charge in [-0.2, -0.15) is 8.78 Å². The van der Waals surface area contributed by atoms with E-state index in [1.165, 1.54) is 0 Å². The molecule has 17 heavy (non-hydrogen) atoms. The van der Waals surface area contributed by atoms with Gasteiger partial charge in [-0.1, -0.05) is 17.5 Å². The molecule has 1 aromatic carbocycles. The standard InChI is InChI=1S/C11H6ClF3O2/c1-3-6-4-7(8(12)5-9(6)13)11(14,15)10(16)17-2/h1,4-5H,2H3. The Morgan fingerprint density at radius 3 is 2.59 bits per heavy atom. The predicted molar refractivity (Wildman–Crippen MR) is 55.3 cm³/mol. The number of carbonyl (C=O) groups excluding carboxylic acids is 1. The number of methoxy groups -OCH3 is 1. The molecule has 0 N–H and O–H groups in total. The summed E-state index contributed by atoms with van der Waals surface area (Å²) in [4.78, 5) is 10.9. The van der Waals surface area contributed by atoms with E-state index in [0.717, 1.165) is 7.11 Å². The van der Waals surface area contributed by atoms with Crippen LogP contribution in [-0.4, -0.2) is 13.1 Å². The average Bonchev–Trinajstić information content (AvgIpc) is 2.27. The first-order valence-corrected chi connectivity index (χ1v) is 4.64. The van der Waals surface area contributed by atoms with Gasteiger partial charge >= 0.3 is 11.9 Å². The Hall–Kier alpha value is -1.67. The molecular formula is C11H6ClF3O2. The third-order valence-corrected chi connectivity index (χ3v) is 2.30. The first-order chi connectivity index (χ1) is 7.84. The highest BCUT2D eigenvalue weighted by Gasteiger charge is 2.44. The second kappa shape index (κ2) is 4.68. The highest BCUT2D eigenvalue weighted by atomic mass is 35.5. The smallest absolute Gasteiger partial charge is 0.381 e. The maximum atomic E-state index is 13.5. The van der Waals surface area contributed by atoms with Gasteiger partial charge in [0.1, 0.15) is 5.82 Å². The molecule has 0 amide bonds. The number of hydrogen-bond donors (Lipinski definition) is 0. The van der Waals surface area contributed by atoms with Crippen molar-refractivity contribution >= 4 is 17.6 Å². The Bertz CT molecular complexity index is 506. The second-order valence-corrected chi connectivity index (χ2v) is 3.43. The lowest BCUT2D eigenvalue weighted by molar-refractivity contribution is -0.170. The molecule has 2 nitrogen and oxygen atoms in total. The largest absolute Gasteiger partial charge is 0.464 e. The van der Waals surface area contributed by atoms with E-state index in [-0.39, 0.29) is 0 Å². The summed E-state index contributed by atoms with van der Waals surface area (Å²) in [7, 11) is 0.801. The third kappa shape index (κ3) is 2.37. The maximum absolute atomic E-state index is 13.5. The van der Waals surface area contributed by atoms with Crippen LogP contribution < -0.4 is 0 Å². The molecule has 0 atom stereocenters. The van der Waals surface area contributed by atoms with Crippen molar-refractivity contribution in [3.8, 4) is 12.3 Å². The van der Waals surface area contributed by atoms with Gasteiger partial charge in [-0.15, -0.1) is 6.42 Å². The SMILES string of the molecule is C#Cc1cc(C(F)(F)C(=O)OC)c(Cl)cc1F. The first kappa shape index (κ1) is 13.4. The van der Waals surface area contributed by atoms with Gasteiger partial charge in [-0.05, 0) is 12.1 Å². The van der Waals surface area contributed by atoms with Crippen molar-refractivity contribution < 1.29 is 22.7 Å². The van der Waals surface area contributed by atoms with Gasteiger partial charge in [0, 0.05) is 0 Å². The number of rotatable bonds is 2. The molecular weight excluding hydrogens is 257 g/mol. The van der Waals surface area contributed by atoms with Crippen molar-refractivity contribution in [2.75, 3.05) is 7.11 Å². The van der Waals surface area contributed by atoms with E-state index in [9.17, 15) is 18.0 Å². The zero-order valence-corrected chi connectivity index (χ0v) is 9.32. The fourth-order valence-electron chi connectivity index (χ4n) is 1.14. The summed E-state index contributed by atoms with van der Waals surface area (Å²) in [6.45, 7) is 0. The van der Waals surface area contributed by atoms with Crippen LogP contribution in [0.5, 0.6) is 0 Å². The molecule has 0 aliphatic carbocycles. The molecule has 0 aliphatic heterocycles. The van der Waals surface area contributed by atoms with Crippen molar-refractivity contribution in [2.45, 2.75) is 5.92 Å². The quantitative estimate of drug-likeness (QED) is 0.605. The molecule has 0 aliphatic rings. The number of esters is 1. The topological polar surface area (TPSA) is 26.3 Å². The van der Waals surface area contributed by atoms with Crippen LogP contribution in [0.3, 0.4) is 0 Å². The van der Waals surface area contributed by atoms with E-state index < -0.39 is 33.9 Å². The van der Waals surface area contributed by atoms with Crippen LogP contribution in [0.15, 0.2) is 12.1 Å². The summed E-state index contributed by atoms with van der Waals surface area (Å²) >= 11 is 5.45. The number of carbonyl (C=O) groups is 1. The van der Waals surface area contributed by atoms with Crippen LogP contribution >= 0.6 is 11.6 Å². The molecule has 6 heteroatoms. The molecule has 0 aromatic heterocycles. The van der Waals surface area contributed by atoms with Gasteiger partial charge in [-0.25, -0.2) is 9.18 Å². The minimum absolute atomic E-state index is 0.409. The molecule has 0 spiro atoms. The number of alkyl halides is 2. The normalized spacial score (nSPS) is 10.8. The zero-order valence-electron chi connectivity index (χ0n) is 8.56. The third-order valence-electron chi connectivity index (χ3n) is 1.99. The van der Waals surface area contributed by atoms with Gasteiger partial charge in [0.05, 0.1) is 23.3 Å². The number of benzene rings is 1. The molecule has 1 aromatic rings. The van der Waals surface area contributed by atoms with E-state index in [1.54, 1.807) is 0 Å². The van der Waals surface area contributed by atoms with Gasteiger partial charge in [-0.3, -0.25) is 0 Å². The van der Waals surface area contributed by atoms with Gasteiger partial charge < -0.3 is 4.74 Å². The minimum Gasteiger partial charge on any atom is -0.464 e. The van der Waals surface area contributed by atoms with Crippen LogP contribution in [-0.2, 0) is 15.5 Å². The van der Waals surface area contributed by atoms with Crippen LogP contribution in [0.25, 0.3) is 0 Å². The lowest BCUT2D eigenvalue weighted by atomic mass is 10.0. The van der Waals surface area contributed by atoms with Gasteiger partial charge in [0.2, 0.25) is 0 Å². The molecule has 0 unspecified atom stereocenters. The molecule has 90 valence electrons. The Morgan fingerprint density at radius 2 is 2.12 bits per heavy atom. The van der Waals surface area contributed by atoms with Crippen LogP contribution in [0.1, 0.15) is 11.1 Å². The maximum Gasteiger partial charge on any atom is 0.381 e. The Morgan fingerprint density at radius 1 is 1.53 bits per heavy atom. The number of terminal acetylenes is 1. The van der Waals surface area contributed by atoms with Crippen molar-refractivity contribution in [1.29, 1.82) is 0 Å². The molecule has 0 heterocycles. The summed E-state index contributed by atoms with van der Waals surface area (Å²) in [6, 6.07) is 1.28. The molecule has 0 bridgehead atoms. The number of hydrogen-bond acceptors (Lipinski definition) is 2. The summed E-state index contributed by atoms with van der Waals surface area (Å²) in [5, 5.41) is -0.600. The van der Waals surface area contributed by atoms with E-state index in [2.05, 4.69) is 4.74 Å². The van der Waals surface area contributed by atoms with E-state index in [0.29, 0.717) is 12.1 Å². The molecule has 0 saturated carbocycles. The lowest BCUT2D eigenvalue weighted by Gasteiger charge is -2.15. The van der Waals surface area contributed by atoms with Crippen LogP contribution in [0.2, 0.25) is 5.02 Å². The van der Waals surface area contributed by atoms with Crippen molar-refractivity contribution in [3.05, 3.63) is 34.1 Å². The average molecular weight is 263 g/mol. The molecule has 0 saturated heterocycles. The zero-order chi connectivity index (χ0) is 13.2. The highest BCUT2D eigenvalue weighted by molar-refractivity contribution is 6.31. The second-order valence-electron chi connectivity index (χ2n) is 3.02. The summed E-state index contributed by atoms with van der Waals surface area (Å²) in [5.74, 6) is -4.82. The van der Waals surface area contributed by atoms with Crippen molar-refractivity contribution in [3.63, 3.8) is 0 Å². The van der Waals surface area contributed by atoms with Crippen LogP contribution in [0, 0.1) is 18.2 Å². The van der Waals surface area contributed by atoms with E-state index in [1.807, 2.05) is 5.92 Å². The molecule has 0 radical (unpaired) electrons. The fourth-order valence-corrected chi connectivity index (χ4v) is 1.41. The van der Waals surface area contributed by atoms with Gasteiger partial charge in [0.15, 0.2) is 0 Å². The van der Waals surface area contributed by atoms with Gasteiger partial charge in [0.25, 0.3) is 0 Å². The summed E-state index contributed by atoms with van der Waals surface area (Å²) in [6.07, 6.45) is 4.93. The Kier molecular flexibility index (Phi) is 3.69. The molecule has 0 fully saturated rings.